The standard InChI is InChI=1S/C8H13N4P/c1-6-4-3-5-12(8(6)10-9)11-7(2)13/h3-5H,9,13H2,1-2H3/b10-8-,11-7+. The third-order valence-corrected chi connectivity index (χ3v) is 1.65. The summed E-state index contributed by atoms with van der Waals surface area (Å²) in [5.41, 5.74) is 2.55. The van der Waals surface area contributed by atoms with E-state index in [1.165, 1.54) is 0 Å². The highest BCUT2D eigenvalue weighted by Gasteiger charge is 1.93. The van der Waals surface area contributed by atoms with Gasteiger partial charge in [0, 0.05) is 6.20 Å². The zero-order valence-electron chi connectivity index (χ0n) is 7.73. The van der Waals surface area contributed by atoms with Crippen molar-refractivity contribution in [1.82, 2.24) is 4.68 Å². The molecule has 1 atom stereocenters. The number of rotatable bonds is 1. The van der Waals surface area contributed by atoms with Crippen LogP contribution in [0.4, 0.5) is 0 Å². The number of hydrogen-bond donors (Lipinski definition) is 1. The summed E-state index contributed by atoms with van der Waals surface area (Å²) in [6.45, 7) is 3.83. The number of nitrogens with zero attached hydrogens (tertiary/aromatic N) is 3. The van der Waals surface area contributed by atoms with Crippen molar-refractivity contribution in [1.29, 1.82) is 0 Å². The lowest BCUT2D eigenvalue weighted by atomic mass is 10.3. The predicted molar refractivity (Wildman–Crippen MR) is 57.1 cm³/mol. The molecule has 5 heteroatoms. The Morgan fingerprint density at radius 3 is 2.85 bits per heavy atom. The van der Waals surface area contributed by atoms with Gasteiger partial charge in [-0.1, -0.05) is 15.3 Å². The summed E-state index contributed by atoms with van der Waals surface area (Å²) in [5.74, 6) is 5.26. The molecule has 0 bridgehead atoms. The van der Waals surface area contributed by atoms with Crippen LogP contribution in [0.3, 0.4) is 0 Å². The van der Waals surface area contributed by atoms with Crippen LogP contribution < -0.4 is 11.3 Å². The number of nitrogens with two attached hydrogens (primary N) is 1. The van der Waals surface area contributed by atoms with Crippen LogP contribution in [0.2, 0.25) is 0 Å². The van der Waals surface area contributed by atoms with Crippen LogP contribution in [0.15, 0.2) is 28.5 Å². The summed E-state index contributed by atoms with van der Waals surface area (Å²) in [6.07, 6.45) is 1.81. The molecule has 0 aliphatic rings. The molecule has 0 aliphatic carbocycles. The van der Waals surface area contributed by atoms with Crippen LogP contribution in [0.25, 0.3) is 0 Å². The largest absolute Gasteiger partial charge is 0.321 e. The molecule has 0 saturated carbocycles. The smallest absolute Gasteiger partial charge is 0.175 e. The molecule has 1 rings (SSSR count). The lowest BCUT2D eigenvalue weighted by Crippen LogP contribution is -2.22. The average molecular weight is 196 g/mol. The van der Waals surface area contributed by atoms with Crippen LogP contribution in [0.1, 0.15) is 12.5 Å². The highest BCUT2D eigenvalue weighted by atomic mass is 31.0. The molecule has 0 aliphatic heterocycles. The van der Waals surface area contributed by atoms with Gasteiger partial charge in [-0.05, 0) is 25.5 Å². The van der Waals surface area contributed by atoms with Crippen LogP contribution in [0, 0.1) is 6.92 Å². The second-order valence-corrected chi connectivity index (χ2v) is 3.57. The first-order valence-corrected chi connectivity index (χ1v) is 4.46. The molecule has 0 radical (unpaired) electrons. The zero-order chi connectivity index (χ0) is 9.84. The van der Waals surface area contributed by atoms with Gasteiger partial charge in [0.05, 0.1) is 5.45 Å². The van der Waals surface area contributed by atoms with Crippen LogP contribution in [0.5, 0.6) is 0 Å². The van der Waals surface area contributed by atoms with E-state index >= 15 is 0 Å². The number of aromatic nitrogens is 1. The molecule has 0 aromatic carbocycles. The van der Waals surface area contributed by atoms with E-state index in [1.54, 1.807) is 4.68 Å². The van der Waals surface area contributed by atoms with Gasteiger partial charge in [-0.25, -0.2) is 4.68 Å². The van der Waals surface area contributed by atoms with Crippen LogP contribution in [-0.2, 0) is 0 Å². The Hall–Kier alpha value is -1.15. The van der Waals surface area contributed by atoms with E-state index in [0.29, 0.717) is 5.49 Å². The molecule has 13 heavy (non-hydrogen) atoms. The molecule has 1 unspecified atom stereocenters. The first-order chi connectivity index (χ1) is 6.15. The van der Waals surface area contributed by atoms with Gasteiger partial charge in [0.1, 0.15) is 0 Å². The van der Waals surface area contributed by atoms with Crippen molar-refractivity contribution in [3.05, 3.63) is 29.4 Å². The maximum Gasteiger partial charge on any atom is 0.175 e. The zero-order valence-corrected chi connectivity index (χ0v) is 8.88. The Morgan fingerprint density at radius 2 is 2.31 bits per heavy atom. The summed E-state index contributed by atoms with van der Waals surface area (Å²) in [6, 6.07) is 3.84. The molecule has 1 heterocycles. The van der Waals surface area contributed by atoms with Crippen molar-refractivity contribution in [3.63, 3.8) is 0 Å². The van der Waals surface area contributed by atoms with Gasteiger partial charge in [0.2, 0.25) is 0 Å². The third-order valence-electron chi connectivity index (χ3n) is 1.53. The van der Waals surface area contributed by atoms with Crippen LogP contribution in [-0.4, -0.2) is 10.1 Å². The number of pyridine rings is 1. The fourth-order valence-electron chi connectivity index (χ4n) is 1.01. The van der Waals surface area contributed by atoms with Gasteiger partial charge >= 0.3 is 0 Å². The minimum absolute atomic E-state index is 0.671. The van der Waals surface area contributed by atoms with Crippen LogP contribution >= 0.6 is 9.24 Å². The highest BCUT2D eigenvalue weighted by molar-refractivity contribution is 7.40. The van der Waals surface area contributed by atoms with Gasteiger partial charge < -0.3 is 5.84 Å². The summed E-state index contributed by atoms with van der Waals surface area (Å²) in [5, 5.41) is 7.88. The Balaban J connectivity index is 3.39. The first-order valence-electron chi connectivity index (χ1n) is 3.88. The quantitative estimate of drug-likeness (QED) is 0.304. The minimum atomic E-state index is 0.671. The second-order valence-electron chi connectivity index (χ2n) is 2.73. The molecule has 70 valence electrons. The molecule has 1 aromatic heterocycles. The normalized spacial score (nSPS) is 13.5. The molecular weight excluding hydrogens is 183 g/mol. The molecule has 4 nitrogen and oxygen atoms in total. The van der Waals surface area contributed by atoms with Crippen molar-refractivity contribution >= 4 is 14.7 Å². The molecule has 2 N–H and O–H groups in total. The second kappa shape index (κ2) is 4.19. The average Bonchev–Trinajstić information content (AvgIpc) is 2.03. The fraction of sp³-hybridized carbons (Fsp3) is 0.250. The van der Waals surface area contributed by atoms with Crippen molar-refractivity contribution < 1.29 is 0 Å². The van der Waals surface area contributed by atoms with Crippen molar-refractivity contribution in [2.24, 2.45) is 16.0 Å². The Bertz CT molecular complexity index is 387. The van der Waals surface area contributed by atoms with E-state index in [0.717, 1.165) is 11.0 Å². The Labute approximate surface area is 79.4 Å². The molecule has 0 spiro atoms. The highest BCUT2D eigenvalue weighted by Crippen LogP contribution is 1.92. The molecule has 0 saturated heterocycles. The monoisotopic (exact) mass is 196 g/mol. The Morgan fingerprint density at radius 1 is 1.62 bits per heavy atom. The maximum absolute atomic E-state index is 5.26. The molecule has 0 fully saturated rings. The number of aryl methyl sites for hydroxylation is 1. The van der Waals surface area contributed by atoms with E-state index in [9.17, 15) is 0 Å². The lowest BCUT2D eigenvalue weighted by Gasteiger charge is -2.02. The molecular formula is C8H13N4P. The van der Waals surface area contributed by atoms with E-state index in [2.05, 4.69) is 19.4 Å². The lowest BCUT2D eigenvalue weighted by molar-refractivity contribution is 0.780. The first kappa shape index (κ1) is 9.93. The molecule has 1 aromatic rings. The predicted octanol–water partition coefficient (Wildman–Crippen LogP) is 0.628. The van der Waals surface area contributed by atoms with Crippen molar-refractivity contribution in [2.75, 3.05) is 0 Å². The SMILES string of the molecule is C/C(P)=N\n1cccc(C)/c1=N/N. The van der Waals surface area contributed by atoms with Gasteiger partial charge in [0.15, 0.2) is 5.49 Å². The van der Waals surface area contributed by atoms with Gasteiger partial charge in [-0.3, -0.25) is 0 Å². The van der Waals surface area contributed by atoms with Crippen molar-refractivity contribution in [3.8, 4) is 0 Å². The minimum Gasteiger partial charge on any atom is -0.321 e. The topological polar surface area (TPSA) is 55.7 Å². The summed E-state index contributed by atoms with van der Waals surface area (Å²) in [4.78, 5) is 0. The Kier molecular flexibility index (Phi) is 3.20. The van der Waals surface area contributed by atoms with Gasteiger partial charge in [-0.2, -0.15) is 10.2 Å². The third kappa shape index (κ3) is 2.39. The molecule has 0 amide bonds. The van der Waals surface area contributed by atoms with Gasteiger partial charge in [-0.15, -0.1) is 0 Å². The van der Waals surface area contributed by atoms with E-state index < -0.39 is 0 Å². The van der Waals surface area contributed by atoms with Gasteiger partial charge in [0.25, 0.3) is 0 Å². The maximum atomic E-state index is 5.26. The van der Waals surface area contributed by atoms with E-state index in [-0.39, 0.29) is 0 Å². The summed E-state index contributed by atoms with van der Waals surface area (Å²) < 4.78 is 1.65. The number of hydrogen-bond acceptors (Lipinski definition) is 3. The summed E-state index contributed by atoms with van der Waals surface area (Å²) in [7, 11) is 2.51. The van der Waals surface area contributed by atoms with E-state index in [4.69, 9.17) is 5.84 Å². The fourth-order valence-corrected chi connectivity index (χ4v) is 1.13. The van der Waals surface area contributed by atoms with E-state index in [1.807, 2.05) is 32.2 Å². The van der Waals surface area contributed by atoms with Crippen molar-refractivity contribution in [2.45, 2.75) is 13.8 Å². The summed E-state index contributed by atoms with van der Waals surface area (Å²) >= 11 is 0.